The first-order chi connectivity index (χ1) is 12.8. The highest BCUT2D eigenvalue weighted by molar-refractivity contribution is 5.47. The molecule has 138 valence electrons. The Bertz CT molecular complexity index is 745. The van der Waals surface area contributed by atoms with E-state index in [0.29, 0.717) is 6.54 Å². The molecule has 4 rings (SSSR count). The van der Waals surface area contributed by atoms with Crippen LogP contribution in [0, 0.1) is 5.82 Å². The first-order valence-electron chi connectivity index (χ1n) is 9.59. The van der Waals surface area contributed by atoms with E-state index in [1.54, 1.807) is 18.5 Å². The number of rotatable bonds is 5. The van der Waals surface area contributed by atoms with Gasteiger partial charge in [0, 0.05) is 30.6 Å². The minimum absolute atomic E-state index is 0.0215. The molecule has 26 heavy (non-hydrogen) atoms. The Labute approximate surface area is 154 Å². The number of hydrogen-bond donors (Lipinski definition) is 2. The fourth-order valence-corrected chi connectivity index (χ4v) is 4.05. The molecular formula is C20H26FN5. The zero-order chi connectivity index (χ0) is 17.8. The second-order valence-corrected chi connectivity index (χ2v) is 7.06. The molecule has 3 heterocycles. The normalized spacial score (nSPS) is 19.0. The Morgan fingerprint density at radius 3 is 2.77 bits per heavy atom. The number of nitrogens with one attached hydrogen (secondary N) is 2. The van der Waals surface area contributed by atoms with Gasteiger partial charge >= 0.3 is 0 Å². The van der Waals surface area contributed by atoms with Crippen LogP contribution < -0.4 is 10.6 Å². The average Bonchev–Trinajstić information content (AvgIpc) is 3.08. The van der Waals surface area contributed by atoms with Crippen LogP contribution in [0.1, 0.15) is 35.7 Å². The SMILES string of the molecule is Fc1ccccc1[C@H](CNc1ncnc2c1CCNCC2)N1CCCC1. The Morgan fingerprint density at radius 2 is 1.92 bits per heavy atom. The zero-order valence-electron chi connectivity index (χ0n) is 15.0. The number of halogens is 1. The number of fused-ring (bicyclic) bond motifs is 1. The van der Waals surface area contributed by atoms with Gasteiger partial charge in [-0.05, 0) is 45.0 Å². The predicted molar refractivity (Wildman–Crippen MR) is 101 cm³/mol. The molecule has 1 aromatic carbocycles. The van der Waals surface area contributed by atoms with Crippen LogP contribution in [0.5, 0.6) is 0 Å². The van der Waals surface area contributed by atoms with E-state index in [9.17, 15) is 4.39 Å². The maximum absolute atomic E-state index is 14.5. The van der Waals surface area contributed by atoms with Crippen LogP contribution in [0.25, 0.3) is 0 Å². The predicted octanol–water partition coefficient (Wildman–Crippen LogP) is 2.55. The van der Waals surface area contributed by atoms with Gasteiger partial charge < -0.3 is 10.6 Å². The third-order valence-corrected chi connectivity index (χ3v) is 5.43. The maximum atomic E-state index is 14.5. The Hall–Kier alpha value is -2.05. The monoisotopic (exact) mass is 355 g/mol. The summed E-state index contributed by atoms with van der Waals surface area (Å²) in [4.78, 5) is 11.3. The van der Waals surface area contributed by atoms with Crippen molar-refractivity contribution >= 4 is 5.82 Å². The van der Waals surface area contributed by atoms with Gasteiger partial charge in [-0.15, -0.1) is 0 Å². The third kappa shape index (κ3) is 3.71. The van der Waals surface area contributed by atoms with Crippen LogP contribution in [-0.2, 0) is 12.8 Å². The largest absolute Gasteiger partial charge is 0.368 e. The van der Waals surface area contributed by atoms with Gasteiger partial charge in [-0.25, -0.2) is 14.4 Å². The molecule has 6 heteroatoms. The lowest BCUT2D eigenvalue weighted by molar-refractivity contribution is 0.250. The molecule has 1 aromatic heterocycles. The number of benzene rings is 1. The number of nitrogens with zero attached hydrogens (tertiary/aromatic N) is 3. The van der Waals surface area contributed by atoms with Crippen LogP contribution in [0.3, 0.4) is 0 Å². The molecule has 1 atom stereocenters. The maximum Gasteiger partial charge on any atom is 0.132 e. The summed E-state index contributed by atoms with van der Waals surface area (Å²) in [5.41, 5.74) is 3.09. The van der Waals surface area contributed by atoms with E-state index in [-0.39, 0.29) is 11.9 Å². The smallest absolute Gasteiger partial charge is 0.132 e. The molecule has 0 bridgehead atoms. The number of likely N-dealkylation sites (tertiary alicyclic amines) is 1. The Morgan fingerprint density at radius 1 is 1.12 bits per heavy atom. The molecule has 2 N–H and O–H groups in total. The molecular weight excluding hydrogens is 329 g/mol. The summed E-state index contributed by atoms with van der Waals surface area (Å²) in [7, 11) is 0. The summed E-state index contributed by atoms with van der Waals surface area (Å²) >= 11 is 0. The van der Waals surface area contributed by atoms with Gasteiger partial charge in [0.25, 0.3) is 0 Å². The highest BCUT2D eigenvalue weighted by atomic mass is 19.1. The quantitative estimate of drug-likeness (QED) is 0.863. The van der Waals surface area contributed by atoms with Gasteiger partial charge in [-0.3, -0.25) is 4.90 Å². The van der Waals surface area contributed by atoms with Crippen molar-refractivity contribution < 1.29 is 4.39 Å². The Balaban J connectivity index is 1.57. The molecule has 5 nitrogen and oxygen atoms in total. The van der Waals surface area contributed by atoms with Crippen LogP contribution in [0.4, 0.5) is 10.2 Å². The number of anilines is 1. The lowest BCUT2D eigenvalue weighted by Gasteiger charge is -2.29. The lowest BCUT2D eigenvalue weighted by Crippen LogP contribution is -2.32. The van der Waals surface area contributed by atoms with Gasteiger partial charge in [0.15, 0.2) is 0 Å². The first-order valence-corrected chi connectivity index (χ1v) is 9.59. The molecule has 2 aliphatic rings. The number of hydrogen-bond acceptors (Lipinski definition) is 5. The van der Waals surface area contributed by atoms with Crippen molar-refractivity contribution in [2.45, 2.75) is 31.7 Å². The van der Waals surface area contributed by atoms with Crippen molar-refractivity contribution in [3.63, 3.8) is 0 Å². The summed E-state index contributed by atoms with van der Waals surface area (Å²) in [6.07, 6.45) is 5.85. The summed E-state index contributed by atoms with van der Waals surface area (Å²) in [6.45, 7) is 4.59. The van der Waals surface area contributed by atoms with Crippen LogP contribution in [0.2, 0.25) is 0 Å². The van der Waals surface area contributed by atoms with Crippen molar-refractivity contribution in [3.8, 4) is 0 Å². The molecule has 0 amide bonds. The van der Waals surface area contributed by atoms with E-state index in [1.165, 1.54) is 18.4 Å². The van der Waals surface area contributed by atoms with Crippen LogP contribution in [0.15, 0.2) is 30.6 Å². The summed E-state index contributed by atoms with van der Waals surface area (Å²) < 4.78 is 14.5. The van der Waals surface area contributed by atoms with E-state index in [1.807, 2.05) is 12.1 Å². The molecule has 0 aliphatic carbocycles. The average molecular weight is 355 g/mol. The summed E-state index contributed by atoms with van der Waals surface area (Å²) in [5.74, 6) is 0.774. The molecule has 0 unspecified atom stereocenters. The summed E-state index contributed by atoms with van der Waals surface area (Å²) in [6, 6.07) is 7.16. The second kappa shape index (κ2) is 8.10. The van der Waals surface area contributed by atoms with Crippen molar-refractivity contribution in [1.82, 2.24) is 20.2 Å². The van der Waals surface area contributed by atoms with Gasteiger partial charge in [-0.2, -0.15) is 0 Å². The van der Waals surface area contributed by atoms with Crippen molar-refractivity contribution in [1.29, 1.82) is 0 Å². The van der Waals surface area contributed by atoms with Crippen molar-refractivity contribution in [2.75, 3.05) is 38.0 Å². The van der Waals surface area contributed by atoms with Gasteiger partial charge in [-0.1, -0.05) is 18.2 Å². The molecule has 2 aromatic rings. The molecule has 2 aliphatic heterocycles. The van der Waals surface area contributed by atoms with Crippen molar-refractivity contribution in [2.24, 2.45) is 0 Å². The number of aromatic nitrogens is 2. The first kappa shape index (κ1) is 17.4. The molecule has 0 radical (unpaired) electrons. The minimum atomic E-state index is -0.128. The van der Waals surface area contributed by atoms with E-state index in [0.717, 1.165) is 56.1 Å². The van der Waals surface area contributed by atoms with Gasteiger partial charge in [0.1, 0.15) is 18.0 Å². The second-order valence-electron chi connectivity index (χ2n) is 7.06. The fourth-order valence-electron chi connectivity index (χ4n) is 4.05. The van der Waals surface area contributed by atoms with E-state index < -0.39 is 0 Å². The van der Waals surface area contributed by atoms with Crippen LogP contribution >= 0.6 is 0 Å². The van der Waals surface area contributed by atoms with Crippen LogP contribution in [-0.4, -0.2) is 47.6 Å². The van der Waals surface area contributed by atoms with Gasteiger partial charge in [0.05, 0.1) is 11.7 Å². The summed E-state index contributed by atoms with van der Waals surface area (Å²) in [5, 5.41) is 6.93. The molecule has 0 spiro atoms. The van der Waals surface area contributed by atoms with Gasteiger partial charge in [0.2, 0.25) is 0 Å². The van der Waals surface area contributed by atoms with Crippen molar-refractivity contribution in [3.05, 3.63) is 53.2 Å². The van der Waals surface area contributed by atoms with E-state index in [2.05, 4.69) is 25.5 Å². The van der Waals surface area contributed by atoms with E-state index in [4.69, 9.17) is 0 Å². The fraction of sp³-hybridized carbons (Fsp3) is 0.500. The third-order valence-electron chi connectivity index (χ3n) is 5.43. The molecule has 1 fully saturated rings. The lowest BCUT2D eigenvalue weighted by atomic mass is 10.0. The standard InChI is InChI=1S/C20H26FN5/c21-17-6-2-1-5-15(17)19(26-11-3-4-12-26)13-23-20-16-7-9-22-10-8-18(16)24-14-25-20/h1-2,5-6,14,19,22H,3-4,7-13H2,(H,23,24,25)/t19-/m0/s1. The van der Waals surface area contributed by atoms with E-state index >= 15 is 0 Å². The zero-order valence-corrected chi connectivity index (χ0v) is 15.0. The highest BCUT2D eigenvalue weighted by Crippen LogP contribution is 2.28. The minimum Gasteiger partial charge on any atom is -0.368 e. The topological polar surface area (TPSA) is 53.1 Å². The Kier molecular flexibility index (Phi) is 5.41. The molecule has 1 saturated heterocycles. The molecule has 0 saturated carbocycles. The highest BCUT2D eigenvalue weighted by Gasteiger charge is 2.26.